The molecule has 3 N–H and O–H groups in total. The highest BCUT2D eigenvalue weighted by Crippen LogP contribution is 2.29. The first-order valence-electron chi connectivity index (χ1n) is 7.08. The average Bonchev–Trinajstić information content (AvgIpc) is 2.46. The van der Waals surface area contributed by atoms with Crippen molar-refractivity contribution in [3.05, 3.63) is 29.3 Å². The molecule has 0 aromatic heterocycles. The molecule has 0 radical (unpaired) electrons. The summed E-state index contributed by atoms with van der Waals surface area (Å²) in [7, 11) is 0. The smallest absolute Gasteiger partial charge is 0.244 e. The Balaban J connectivity index is 2.46. The summed E-state index contributed by atoms with van der Waals surface area (Å²) in [5, 5.41) is 2.90. The molecule has 1 aliphatic rings. The second-order valence-corrected chi connectivity index (χ2v) is 4.87. The molecule has 1 amide bonds. The third-order valence-electron chi connectivity index (χ3n) is 3.81. The van der Waals surface area contributed by atoms with Crippen molar-refractivity contribution in [2.45, 2.75) is 32.7 Å². The Morgan fingerprint density at radius 2 is 1.95 bits per heavy atom. The van der Waals surface area contributed by atoms with Crippen molar-refractivity contribution in [1.82, 2.24) is 5.32 Å². The van der Waals surface area contributed by atoms with Crippen molar-refractivity contribution in [3.63, 3.8) is 0 Å². The summed E-state index contributed by atoms with van der Waals surface area (Å²) in [6, 6.07) is 6.15. The van der Waals surface area contributed by atoms with Gasteiger partial charge in [-0.3, -0.25) is 4.79 Å². The molecule has 1 heterocycles. The van der Waals surface area contributed by atoms with E-state index < -0.39 is 0 Å². The molecule has 0 aliphatic carbocycles. The minimum absolute atomic E-state index is 0.0432. The Morgan fingerprint density at radius 3 is 2.47 bits per heavy atom. The zero-order valence-electron chi connectivity index (χ0n) is 11.8. The molecule has 1 unspecified atom stereocenters. The van der Waals surface area contributed by atoms with Crippen LogP contribution in [0.5, 0.6) is 0 Å². The first-order valence-corrected chi connectivity index (χ1v) is 7.08. The summed E-state index contributed by atoms with van der Waals surface area (Å²) in [4.78, 5) is 14.2. The molecule has 1 atom stereocenters. The second kappa shape index (κ2) is 6.06. The monoisotopic (exact) mass is 261 g/mol. The highest BCUT2D eigenvalue weighted by atomic mass is 16.2. The Morgan fingerprint density at radius 1 is 1.32 bits per heavy atom. The minimum Gasteiger partial charge on any atom is -0.356 e. The number of carbonyl (C=O) groups excluding carboxylic acids is 1. The van der Waals surface area contributed by atoms with E-state index in [1.807, 2.05) is 0 Å². The number of rotatable bonds is 4. The van der Waals surface area contributed by atoms with Crippen LogP contribution >= 0.6 is 0 Å². The van der Waals surface area contributed by atoms with Crippen molar-refractivity contribution >= 4 is 11.6 Å². The number of piperazine rings is 1. The van der Waals surface area contributed by atoms with E-state index in [2.05, 4.69) is 42.3 Å². The van der Waals surface area contributed by atoms with E-state index in [0.717, 1.165) is 19.4 Å². The van der Waals surface area contributed by atoms with Crippen molar-refractivity contribution in [1.29, 1.82) is 0 Å². The zero-order chi connectivity index (χ0) is 13.8. The maximum Gasteiger partial charge on any atom is 0.244 e. The topological polar surface area (TPSA) is 58.4 Å². The third kappa shape index (κ3) is 2.59. The molecule has 4 heteroatoms. The lowest BCUT2D eigenvalue weighted by atomic mass is 9.99. The number of nitrogens with two attached hydrogens (primary N) is 1. The SMILES string of the molecule is CCc1cccc(CC)c1N1CCNC(=O)C1CN. The van der Waals surface area contributed by atoms with Crippen LogP contribution in [0.15, 0.2) is 18.2 Å². The van der Waals surface area contributed by atoms with Crippen LogP contribution in [-0.4, -0.2) is 31.6 Å². The largest absolute Gasteiger partial charge is 0.356 e. The molecule has 1 fully saturated rings. The molecule has 4 nitrogen and oxygen atoms in total. The Bertz CT molecular complexity index is 436. The van der Waals surface area contributed by atoms with E-state index in [0.29, 0.717) is 13.1 Å². The van der Waals surface area contributed by atoms with Gasteiger partial charge in [0.25, 0.3) is 0 Å². The molecule has 1 aliphatic heterocycles. The van der Waals surface area contributed by atoms with Gasteiger partial charge in [0.15, 0.2) is 0 Å². The van der Waals surface area contributed by atoms with Crippen molar-refractivity contribution < 1.29 is 4.79 Å². The molecular formula is C15H23N3O. The first kappa shape index (κ1) is 13.9. The lowest BCUT2D eigenvalue weighted by Gasteiger charge is -2.38. The highest BCUT2D eigenvalue weighted by Gasteiger charge is 2.30. The van der Waals surface area contributed by atoms with Crippen LogP contribution in [0.3, 0.4) is 0 Å². The van der Waals surface area contributed by atoms with Gasteiger partial charge in [-0.05, 0) is 24.0 Å². The molecule has 1 saturated heterocycles. The van der Waals surface area contributed by atoms with E-state index in [-0.39, 0.29) is 11.9 Å². The summed E-state index contributed by atoms with van der Waals surface area (Å²) >= 11 is 0. The first-order chi connectivity index (χ1) is 9.22. The van der Waals surface area contributed by atoms with Crippen LogP contribution in [-0.2, 0) is 17.6 Å². The molecule has 1 aromatic rings. The van der Waals surface area contributed by atoms with Gasteiger partial charge in [-0.2, -0.15) is 0 Å². The van der Waals surface area contributed by atoms with E-state index in [1.165, 1.54) is 16.8 Å². The van der Waals surface area contributed by atoms with Gasteiger partial charge in [-0.15, -0.1) is 0 Å². The number of hydrogen-bond acceptors (Lipinski definition) is 3. The number of benzene rings is 1. The van der Waals surface area contributed by atoms with Gasteiger partial charge in [-0.1, -0.05) is 32.0 Å². The molecule has 1 aromatic carbocycles. The van der Waals surface area contributed by atoms with Crippen molar-refractivity contribution in [3.8, 4) is 0 Å². The van der Waals surface area contributed by atoms with E-state index in [4.69, 9.17) is 5.73 Å². The number of aryl methyl sites for hydroxylation is 2. The Labute approximate surface area is 115 Å². The summed E-state index contributed by atoms with van der Waals surface area (Å²) in [5.74, 6) is 0.0432. The molecule has 0 bridgehead atoms. The quantitative estimate of drug-likeness (QED) is 0.852. The summed E-state index contributed by atoms with van der Waals surface area (Å²) in [5.41, 5.74) is 9.62. The van der Waals surface area contributed by atoms with Crippen LogP contribution < -0.4 is 16.0 Å². The lowest BCUT2D eigenvalue weighted by Crippen LogP contribution is -2.58. The Hall–Kier alpha value is -1.55. The maximum atomic E-state index is 12.0. The van der Waals surface area contributed by atoms with Gasteiger partial charge < -0.3 is 16.0 Å². The fourth-order valence-electron chi connectivity index (χ4n) is 2.80. The number of anilines is 1. The summed E-state index contributed by atoms with van der Waals surface area (Å²) in [6.45, 7) is 6.18. The van der Waals surface area contributed by atoms with Crippen LogP contribution in [0.1, 0.15) is 25.0 Å². The number of carbonyl (C=O) groups is 1. The number of hydrogen-bond donors (Lipinski definition) is 2. The lowest BCUT2D eigenvalue weighted by molar-refractivity contribution is -0.123. The van der Waals surface area contributed by atoms with E-state index in [1.54, 1.807) is 0 Å². The third-order valence-corrected chi connectivity index (χ3v) is 3.81. The fraction of sp³-hybridized carbons (Fsp3) is 0.533. The highest BCUT2D eigenvalue weighted by molar-refractivity contribution is 5.87. The van der Waals surface area contributed by atoms with Crippen LogP contribution in [0, 0.1) is 0 Å². The van der Waals surface area contributed by atoms with Crippen LogP contribution in [0.25, 0.3) is 0 Å². The predicted molar refractivity (Wildman–Crippen MR) is 78.4 cm³/mol. The number of nitrogens with one attached hydrogen (secondary N) is 1. The predicted octanol–water partition coefficient (Wildman–Crippen LogP) is 1.07. The van der Waals surface area contributed by atoms with Gasteiger partial charge in [0.1, 0.15) is 6.04 Å². The van der Waals surface area contributed by atoms with Gasteiger partial charge in [0, 0.05) is 25.3 Å². The molecule has 19 heavy (non-hydrogen) atoms. The molecular weight excluding hydrogens is 238 g/mol. The maximum absolute atomic E-state index is 12.0. The average molecular weight is 261 g/mol. The van der Waals surface area contributed by atoms with Crippen LogP contribution in [0.4, 0.5) is 5.69 Å². The van der Waals surface area contributed by atoms with E-state index in [9.17, 15) is 4.79 Å². The van der Waals surface area contributed by atoms with Gasteiger partial charge >= 0.3 is 0 Å². The normalized spacial score (nSPS) is 19.4. The van der Waals surface area contributed by atoms with Crippen molar-refractivity contribution in [2.75, 3.05) is 24.5 Å². The summed E-state index contributed by atoms with van der Waals surface area (Å²) in [6.07, 6.45) is 1.94. The number of amides is 1. The molecule has 2 rings (SSSR count). The number of nitrogens with zero attached hydrogens (tertiary/aromatic N) is 1. The molecule has 0 saturated carbocycles. The minimum atomic E-state index is -0.244. The standard InChI is InChI=1S/C15H23N3O/c1-3-11-6-5-7-12(4-2)14(11)18-9-8-17-15(19)13(18)10-16/h5-7,13H,3-4,8-10,16H2,1-2H3,(H,17,19). The van der Waals surface area contributed by atoms with Crippen molar-refractivity contribution in [2.24, 2.45) is 5.73 Å². The molecule has 104 valence electrons. The zero-order valence-corrected chi connectivity index (χ0v) is 11.8. The number of para-hydroxylation sites is 1. The van der Waals surface area contributed by atoms with Gasteiger partial charge in [0.2, 0.25) is 5.91 Å². The summed E-state index contributed by atoms with van der Waals surface area (Å²) < 4.78 is 0. The fourth-order valence-corrected chi connectivity index (χ4v) is 2.80. The van der Waals surface area contributed by atoms with Gasteiger partial charge in [0.05, 0.1) is 0 Å². The second-order valence-electron chi connectivity index (χ2n) is 4.87. The Kier molecular flexibility index (Phi) is 4.43. The van der Waals surface area contributed by atoms with Crippen LogP contribution in [0.2, 0.25) is 0 Å². The van der Waals surface area contributed by atoms with Gasteiger partial charge in [-0.25, -0.2) is 0 Å². The molecule has 0 spiro atoms. The van der Waals surface area contributed by atoms with E-state index >= 15 is 0 Å².